The highest BCUT2D eigenvalue weighted by atomic mass is 15.2. The lowest BCUT2D eigenvalue weighted by molar-refractivity contribution is 0.481. The number of hydrazine groups is 1. The largest absolute Gasteiger partial charge is 0.271 e. The second kappa shape index (κ2) is 5.78. The van der Waals surface area contributed by atoms with E-state index in [-0.39, 0.29) is 0 Å². The first kappa shape index (κ1) is 11.2. The van der Waals surface area contributed by atoms with Gasteiger partial charge in [-0.25, -0.2) is 0 Å². The van der Waals surface area contributed by atoms with Crippen molar-refractivity contribution in [2.45, 2.75) is 39.2 Å². The van der Waals surface area contributed by atoms with Crippen molar-refractivity contribution in [1.82, 2.24) is 5.43 Å². The number of benzene rings is 1. The van der Waals surface area contributed by atoms with Crippen molar-refractivity contribution >= 4 is 0 Å². The molecule has 1 aromatic carbocycles. The molecule has 0 heterocycles. The van der Waals surface area contributed by atoms with Gasteiger partial charge in [0.25, 0.3) is 0 Å². The summed E-state index contributed by atoms with van der Waals surface area (Å²) in [6.45, 7) is 4.26. The number of rotatable bonds is 5. The maximum atomic E-state index is 5.42. The van der Waals surface area contributed by atoms with Gasteiger partial charge in [-0.05, 0) is 31.7 Å². The van der Waals surface area contributed by atoms with Crippen LogP contribution in [-0.4, -0.2) is 6.04 Å². The third kappa shape index (κ3) is 3.48. The zero-order valence-electron chi connectivity index (χ0n) is 9.09. The van der Waals surface area contributed by atoms with Crippen LogP contribution in [0.25, 0.3) is 0 Å². The van der Waals surface area contributed by atoms with Gasteiger partial charge in [0.15, 0.2) is 0 Å². The molecule has 2 nitrogen and oxygen atoms in total. The van der Waals surface area contributed by atoms with Crippen molar-refractivity contribution in [3.05, 3.63) is 35.4 Å². The SMILES string of the molecule is CCC(CCc1ccc(C)cc1)NN. The number of aryl methyl sites for hydroxylation is 2. The Bertz CT molecular complexity index is 250. The van der Waals surface area contributed by atoms with E-state index in [9.17, 15) is 0 Å². The Hall–Kier alpha value is -0.860. The van der Waals surface area contributed by atoms with Crippen LogP contribution in [0, 0.1) is 6.92 Å². The molecule has 1 unspecified atom stereocenters. The molecule has 78 valence electrons. The summed E-state index contributed by atoms with van der Waals surface area (Å²) in [5.41, 5.74) is 5.54. The van der Waals surface area contributed by atoms with E-state index in [1.807, 2.05) is 0 Å². The highest BCUT2D eigenvalue weighted by Crippen LogP contribution is 2.08. The molecule has 1 rings (SSSR count). The molecular formula is C12H20N2. The summed E-state index contributed by atoms with van der Waals surface area (Å²) in [4.78, 5) is 0. The third-order valence-corrected chi connectivity index (χ3v) is 2.63. The van der Waals surface area contributed by atoms with Gasteiger partial charge in [0.1, 0.15) is 0 Å². The van der Waals surface area contributed by atoms with Gasteiger partial charge in [-0.2, -0.15) is 0 Å². The van der Waals surface area contributed by atoms with Crippen molar-refractivity contribution < 1.29 is 0 Å². The number of hydrogen-bond donors (Lipinski definition) is 2. The van der Waals surface area contributed by atoms with Crippen LogP contribution in [0.2, 0.25) is 0 Å². The summed E-state index contributed by atoms with van der Waals surface area (Å²) in [5, 5.41) is 0. The molecule has 2 heteroatoms. The van der Waals surface area contributed by atoms with E-state index in [0.717, 1.165) is 19.3 Å². The fourth-order valence-electron chi connectivity index (χ4n) is 1.50. The van der Waals surface area contributed by atoms with Crippen LogP contribution in [0.5, 0.6) is 0 Å². The highest BCUT2D eigenvalue weighted by molar-refractivity contribution is 5.21. The predicted molar refractivity (Wildman–Crippen MR) is 60.9 cm³/mol. The minimum Gasteiger partial charge on any atom is -0.271 e. The molecule has 0 aliphatic carbocycles. The quantitative estimate of drug-likeness (QED) is 0.554. The number of hydrogen-bond acceptors (Lipinski definition) is 2. The van der Waals surface area contributed by atoms with E-state index in [2.05, 4.69) is 43.5 Å². The lowest BCUT2D eigenvalue weighted by Gasteiger charge is -2.12. The van der Waals surface area contributed by atoms with E-state index >= 15 is 0 Å². The van der Waals surface area contributed by atoms with Gasteiger partial charge < -0.3 is 0 Å². The summed E-state index contributed by atoms with van der Waals surface area (Å²) in [6.07, 6.45) is 3.29. The highest BCUT2D eigenvalue weighted by Gasteiger charge is 2.02. The van der Waals surface area contributed by atoms with Crippen LogP contribution in [0.1, 0.15) is 30.9 Å². The van der Waals surface area contributed by atoms with Gasteiger partial charge in [-0.15, -0.1) is 0 Å². The normalized spacial score (nSPS) is 12.8. The molecule has 14 heavy (non-hydrogen) atoms. The first-order valence-electron chi connectivity index (χ1n) is 5.28. The van der Waals surface area contributed by atoms with Gasteiger partial charge in [-0.1, -0.05) is 36.8 Å². The lowest BCUT2D eigenvalue weighted by Crippen LogP contribution is -2.34. The Labute approximate surface area is 86.5 Å². The minimum atomic E-state index is 0.441. The molecular weight excluding hydrogens is 172 g/mol. The second-order valence-electron chi connectivity index (χ2n) is 3.80. The molecule has 0 aliphatic heterocycles. The Kier molecular flexibility index (Phi) is 4.63. The van der Waals surface area contributed by atoms with E-state index in [0.29, 0.717) is 6.04 Å². The maximum absolute atomic E-state index is 5.42. The maximum Gasteiger partial charge on any atom is 0.0211 e. The van der Waals surface area contributed by atoms with Crippen molar-refractivity contribution in [1.29, 1.82) is 0 Å². The van der Waals surface area contributed by atoms with E-state index in [1.165, 1.54) is 11.1 Å². The van der Waals surface area contributed by atoms with E-state index in [4.69, 9.17) is 5.84 Å². The fraction of sp³-hybridized carbons (Fsp3) is 0.500. The van der Waals surface area contributed by atoms with Crippen molar-refractivity contribution in [3.63, 3.8) is 0 Å². The van der Waals surface area contributed by atoms with Crippen LogP contribution in [-0.2, 0) is 6.42 Å². The Morgan fingerprint density at radius 2 is 1.93 bits per heavy atom. The Balaban J connectivity index is 2.41. The van der Waals surface area contributed by atoms with Crippen molar-refractivity contribution in [2.75, 3.05) is 0 Å². The van der Waals surface area contributed by atoms with Crippen LogP contribution in [0.15, 0.2) is 24.3 Å². The van der Waals surface area contributed by atoms with Gasteiger partial charge >= 0.3 is 0 Å². The van der Waals surface area contributed by atoms with Crippen LogP contribution < -0.4 is 11.3 Å². The summed E-state index contributed by atoms with van der Waals surface area (Å²) in [7, 11) is 0. The molecule has 0 saturated carbocycles. The molecule has 0 bridgehead atoms. The van der Waals surface area contributed by atoms with Gasteiger partial charge in [0, 0.05) is 6.04 Å². The van der Waals surface area contributed by atoms with Gasteiger partial charge in [0.05, 0.1) is 0 Å². The van der Waals surface area contributed by atoms with Crippen LogP contribution in [0.4, 0.5) is 0 Å². The minimum absolute atomic E-state index is 0.441. The molecule has 0 fully saturated rings. The molecule has 0 aliphatic rings. The van der Waals surface area contributed by atoms with Crippen molar-refractivity contribution in [2.24, 2.45) is 5.84 Å². The monoisotopic (exact) mass is 192 g/mol. The molecule has 0 amide bonds. The standard InChI is InChI=1S/C12H20N2/c1-3-12(14-13)9-8-11-6-4-10(2)5-7-11/h4-7,12,14H,3,8-9,13H2,1-2H3. The summed E-state index contributed by atoms with van der Waals surface area (Å²) < 4.78 is 0. The molecule has 0 radical (unpaired) electrons. The molecule has 0 spiro atoms. The summed E-state index contributed by atoms with van der Waals surface area (Å²) >= 11 is 0. The fourth-order valence-corrected chi connectivity index (χ4v) is 1.50. The molecule has 0 saturated heterocycles. The van der Waals surface area contributed by atoms with E-state index < -0.39 is 0 Å². The zero-order valence-corrected chi connectivity index (χ0v) is 9.09. The van der Waals surface area contributed by atoms with Gasteiger partial charge in [-0.3, -0.25) is 11.3 Å². The molecule has 3 N–H and O–H groups in total. The van der Waals surface area contributed by atoms with E-state index in [1.54, 1.807) is 0 Å². The number of nitrogens with one attached hydrogen (secondary N) is 1. The predicted octanol–water partition coefficient (Wildman–Crippen LogP) is 2.17. The second-order valence-corrected chi connectivity index (χ2v) is 3.80. The van der Waals surface area contributed by atoms with Crippen LogP contribution >= 0.6 is 0 Å². The molecule has 1 atom stereocenters. The number of nitrogens with two attached hydrogens (primary N) is 1. The van der Waals surface area contributed by atoms with Crippen molar-refractivity contribution in [3.8, 4) is 0 Å². The average molecular weight is 192 g/mol. The molecule has 0 aromatic heterocycles. The third-order valence-electron chi connectivity index (χ3n) is 2.63. The summed E-state index contributed by atoms with van der Waals surface area (Å²) in [5.74, 6) is 5.42. The topological polar surface area (TPSA) is 38.0 Å². The first-order valence-corrected chi connectivity index (χ1v) is 5.28. The first-order chi connectivity index (χ1) is 6.76. The van der Waals surface area contributed by atoms with Crippen LogP contribution in [0.3, 0.4) is 0 Å². The Morgan fingerprint density at radius 3 is 2.43 bits per heavy atom. The average Bonchev–Trinajstić information content (AvgIpc) is 2.22. The Morgan fingerprint density at radius 1 is 1.29 bits per heavy atom. The zero-order chi connectivity index (χ0) is 10.4. The molecule has 1 aromatic rings. The summed E-state index contributed by atoms with van der Waals surface area (Å²) in [6, 6.07) is 9.14. The van der Waals surface area contributed by atoms with Gasteiger partial charge in [0.2, 0.25) is 0 Å². The smallest absolute Gasteiger partial charge is 0.0211 e. The lowest BCUT2D eigenvalue weighted by atomic mass is 10.0.